The molecule has 3 aromatic rings. The topological polar surface area (TPSA) is 72.3 Å². The number of benzene rings is 3. The van der Waals surface area contributed by atoms with Crippen LogP contribution in [-0.4, -0.2) is 11.7 Å². The molecular weight excluding hydrogens is 359 g/mol. The molecule has 0 heterocycles. The van der Waals surface area contributed by atoms with Crippen molar-refractivity contribution in [2.45, 2.75) is 29.4 Å². The summed E-state index contributed by atoms with van der Waals surface area (Å²) in [7, 11) is 0. The predicted octanol–water partition coefficient (Wildman–Crippen LogP) is 4.12. The molecule has 0 aromatic heterocycles. The lowest BCUT2D eigenvalue weighted by Crippen LogP contribution is -2.02. The van der Waals surface area contributed by atoms with Crippen LogP contribution in [0.1, 0.15) is 16.7 Å². The van der Waals surface area contributed by atoms with E-state index in [-0.39, 0.29) is 12.4 Å². The van der Waals surface area contributed by atoms with Gasteiger partial charge in [0, 0.05) is 16.3 Å². The van der Waals surface area contributed by atoms with Crippen LogP contribution in [0, 0.1) is 5.82 Å². The summed E-state index contributed by atoms with van der Waals surface area (Å²) in [4.78, 5) is 2.23. The average Bonchev–Trinajstić information content (AvgIpc) is 2.70. The van der Waals surface area contributed by atoms with E-state index in [0.29, 0.717) is 13.1 Å². The zero-order chi connectivity index (χ0) is 19.5. The number of aliphatic hydroxyl groups is 1. The monoisotopic (exact) mass is 384 g/mol. The van der Waals surface area contributed by atoms with Crippen molar-refractivity contribution in [3.8, 4) is 0 Å². The molecule has 0 amide bonds. The van der Waals surface area contributed by atoms with E-state index in [0.717, 1.165) is 32.9 Å². The number of nitrogens with two attached hydrogens (primary N) is 2. The Morgan fingerprint density at radius 2 is 1.44 bits per heavy atom. The van der Waals surface area contributed by atoms with E-state index in [4.69, 9.17) is 11.5 Å². The molecule has 0 bridgehead atoms. The van der Waals surface area contributed by atoms with E-state index in [9.17, 15) is 9.50 Å². The SMILES string of the molecule is NCCc1cccc(F)c1.NCc1ccccc1Sc1ccccc1CO. The zero-order valence-corrected chi connectivity index (χ0v) is 16.0. The average molecular weight is 385 g/mol. The van der Waals surface area contributed by atoms with E-state index < -0.39 is 0 Å². The van der Waals surface area contributed by atoms with Crippen molar-refractivity contribution >= 4 is 11.8 Å². The van der Waals surface area contributed by atoms with Crippen LogP contribution in [-0.2, 0) is 19.6 Å². The first-order valence-electron chi connectivity index (χ1n) is 8.77. The second-order valence-electron chi connectivity index (χ2n) is 5.85. The Morgan fingerprint density at radius 3 is 2.04 bits per heavy atom. The summed E-state index contributed by atoms with van der Waals surface area (Å²) in [5.74, 6) is -0.189. The van der Waals surface area contributed by atoms with Crippen molar-refractivity contribution in [1.82, 2.24) is 0 Å². The van der Waals surface area contributed by atoms with Gasteiger partial charge in [-0.1, -0.05) is 60.3 Å². The van der Waals surface area contributed by atoms with E-state index in [1.165, 1.54) is 12.1 Å². The van der Waals surface area contributed by atoms with Gasteiger partial charge >= 0.3 is 0 Å². The Kier molecular flexibility index (Phi) is 9.01. The van der Waals surface area contributed by atoms with E-state index >= 15 is 0 Å². The molecule has 3 rings (SSSR count). The molecule has 5 N–H and O–H groups in total. The minimum Gasteiger partial charge on any atom is -0.392 e. The molecule has 0 spiro atoms. The fourth-order valence-corrected chi connectivity index (χ4v) is 3.56. The summed E-state index contributed by atoms with van der Waals surface area (Å²) < 4.78 is 12.4. The second-order valence-corrected chi connectivity index (χ2v) is 6.93. The van der Waals surface area contributed by atoms with Gasteiger partial charge in [-0.05, 0) is 53.9 Å². The number of halogens is 1. The van der Waals surface area contributed by atoms with Gasteiger partial charge in [-0.2, -0.15) is 0 Å². The van der Waals surface area contributed by atoms with Crippen LogP contribution in [0.25, 0.3) is 0 Å². The Bertz CT molecular complexity index is 796. The van der Waals surface area contributed by atoms with Gasteiger partial charge in [0.2, 0.25) is 0 Å². The third-order valence-electron chi connectivity index (χ3n) is 3.88. The molecule has 3 aromatic carbocycles. The highest BCUT2D eigenvalue weighted by atomic mass is 32.2. The van der Waals surface area contributed by atoms with Gasteiger partial charge in [0.1, 0.15) is 5.82 Å². The van der Waals surface area contributed by atoms with E-state index in [1.54, 1.807) is 17.8 Å². The smallest absolute Gasteiger partial charge is 0.123 e. The molecule has 3 nitrogen and oxygen atoms in total. The van der Waals surface area contributed by atoms with Crippen molar-refractivity contribution in [3.63, 3.8) is 0 Å². The molecular formula is C22H25FN2OS. The van der Waals surface area contributed by atoms with Crippen LogP contribution in [0.5, 0.6) is 0 Å². The third kappa shape index (κ3) is 6.81. The Labute approximate surface area is 164 Å². The largest absolute Gasteiger partial charge is 0.392 e. The number of hydrogen-bond acceptors (Lipinski definition) is 4. The summed E-state index contributed by atoms with van der Waals surface area (Å²) in [6, 6.07) is 22.5. The van der Waals surface area contributed by atoms with Crippen LogP contribution < -0.4 is 11.5 Å². The standard InChI is InChI=1S/C14H15NOS.C8H10FN/c15-9-11-5-1-3-7-13(11)17-14-8-4-2-6-12(14)10-16;9-8-3-1-2-7(6-8)4-5-10/h1-8,16H,9-10,15H2;1-3,6H,4-5,10H2. The lowest BCUT2D eigenvalue weighted by atomic mass is 10.1. The highest BCUT2D eigenvalue weighted by molar-refractivity contribution is 7.99. The number of rotatable bonds is 6. The second kappa shape index (κ2) is 11.5. The Morgan fingerprint density at radius 1 is 0.815 bits per heavy atom. The summed E-state index contributed by atoms with van der Waals surface area (Å²) >= 11 is 1.65. The molecule has 0 aliphatic heterocycles. The van der Waals surface area contributed by atoms with E-state index in [2.05, 4.69) is 6.07 Å². The van der Waals surface area contributed by atoms with Crippen molar-refractivity contribution in [2.24, 2.45) is 11.5 Å². The molecule has 27 heavy (non-hydrogen) atoms. The van der Waals surface area contributed by atoms with Crippen LogP contribution in [0.15, 0.2) is 82.6 Å². The minimum atomic E-state index is -0.189. The minimum absolute atomic E-state index is 0.0635. The molecule has 5 heteroatoms. The molecule has 0 radical (unpaired) electrons. The van der Waals surface area contributed by atoms with Gasteiger partial charge in [-0.25, -0.2) is 4.39 Å². The van der Waals surface area contributed by atoms with Crippen molar-refractivity contribution < 1.29 is 9.50 Å². The van der Waals surface area contributed by atoms with Crippen LogP contribution in [0.2, 0.25) is 0 Å². The van der Waals surface area contributed by atoms with E-state index in [1.807, 2.05) is 48.5 Å². The van der Waals surface area contributed by atoms with Crippen LogP contribution in [0.4, 0.5) is 4.39 Å². The van der Waals surface area contributed by atoms with Gasteiger partial charge in [-0.3, -0.25) is 0 Å². The van der Waals surface area contributed by atoms with Crippen molar-refractivity contribution in [3.05, 3.63) is 95.3 Å². The highest BCUT2D eigenvalue weighted by Gasteiger charge is 2.05. The highest BCUT2D eigenvalue weighted by Crippen LogP contribution is 2.32. The number of aliphatic hydroxyl groups excluding tert-OH is 1. The molecule has 0 aliphatic rings. The lowest BCUT2D eigenvalue weighted by molar-refractivity contribution is 0.279. The first-order chi connectivity index (χ1) is 13.2. The van der Waals surface area contributed by atoms with Gasteiger partial charge in [0.15, 0.2) is 0 Å². The Hall–Kier alpha value is -2.18. The quantitative estimate of drug-likeness (QED) is 0.598. The Balaban J connectivity index is 0.000000223. The van der Waals surface area contributed by atoms with Gasteiger partial charge < -0.3 is 16.6 Å². The third-order valence-corrected chi connectivity index (χ3v) is 5.11. The molecule has 142 valence electrons. The maximum Gasteiger partial charge on any atom is 0.123 e. The first-order valence-corrected chi connectivity index (χ1v) is 9.58. The summed E-state index contributed by atoms with van der Waals surface area (Å²) in [6.07, 6.45) is 0.748. The van der Waals surface area contributed by atoms with Crippen LogP contribution >= 0.6 is 11.8 Å². The first kappa shape index (κ1) is 21.1. The molecule has 0 fully saturated rings. The van der Waals surface area contributed by atoms with Gasteiger partial charge in [-0.15, -0.1) is 0 Å². The normalized spacial score (nSPS) is 10.2. The molecule has 0 aliphatic carbocycles. The summed E-state index contributed by atoms with van der Waals surface area (Å²) in [5.41, 5.74) is 14.0. The molecule has 0 atom stereocenters. The van der Waals surface area contributed by atoms with Gasteiger partial charge in [0.05, 0.1) is 6.61 Å². The fraction of sp³-hybridized carbons (Fsp3) is 0.182. The fourth-order valence-electron chi connectivity index (χ4n) is 2.48. The summed E-state index contributed by atoms with van der Waals surface area (Å²) in [6.45, 7) is 1.17. The van der Waals surface area contributed by atoms with Crippen molar-refractivity contribution in [1.29, 1.82) is 0 Å². The van der Waals surface area contributed by atoms with Crippen LogP contribution in [0.3, 0.4) is 0 Å². The maximum atomic E-state index is 12.4. The zero-order valence-electron chi connectivity index (χ0n) is 15.1. The van der Waals surface area contributed by atoms with Crippen molar-refractivity contribution in [2.75, 3.05) is 6.54 Å². The predicted molar refractivity (Wildman–Crippen MR) is 110 cm³/mol. The summed E-state index contributed by atoms with van der Waals surface area (Å²) in [5, 5.41) is 9.28. The molecule has 0 saturated heterocycles. The lowest BCUT2D eigenvalue weighted by Gasteiger charge is -2.09. The number of hydrogen-bond donors (Lipinski definition) is 3. The maximum absolute atomic E-state index is 12.4. The van der Waals surface area contributed by atoms with Gasteiger partial charge in [0.25, 0.3) is 0 Å². The molecule has 0 unspecified atom stereocenters. The molecule has 0 saturated carbocycles.